The van der Waals surface area contributed by atoms with Gasteiger partial charge in [0.2, 0.25) is 5.13 Å². The summed E-state index contributed by atoms with van der Waals surface area (Å²) in [5.74, 6) is 0.106. The van der Waals surface area contributed by atoms with Crippen LogP contribution in [0.3, 0.4) is 0 Å². The molecule has 2 aromatic carbocycles. The molecule has 2 N–H and O–H groups in total. The zero-order chi connectivity index (χ0) is 19.5. The van der Waals surface area contributed by atoms with E-state index in [4.69, 9.17) is 0 Å². The third-order valence-electron chi connectivity index (χ3n) is 4.48. The van der Waals surface area contributed by atoms with Gasteiger partial charge in [-0.2, -0.15) is 0 Å². The Bertz CT molecular complexity index is 1100. The quantitative estimate of drug-likeness (QED) is 0.321. The van der Waals surface area contributed by atoms with Crippen LogP contribution in [-0.2, 0) is 6.54 Å². The first-order valence-corrected chi connectivity index (χ1v) is 10.7. The maximum atomic E-state index is 13.1. The molecule has 142 valence electrons. The van der Waals surface area contributed by atoms with Crippen LogP contribution in [0.15, 0.2) is 58.9 Å². The van der Waals surface area contributed by atoms with Gasteiger partial charge in [-0.05, 0) is 25.5 Å². The number of para-hydroxylation sites is 1. The number of H-pyrrole nitrogens is 1. The lowest BCUT2D eigenvalue weighted by Crippen LogP contribution is -2.14. The van der Waals surface area contributed by atoms with E-state index in [0.29, 0.717) is 6.54 Å². The summed E-state index contributed by atoms with van der Waals surface area (Å²) < 4.78 is 0.786. The Kier molecular flexibility index (Phi) is 5.45. The fraction of sp³-hybridized carbons (Fsp3) is 0.190. The number of ketones is 1. The molecule has 0 saturated heterocycles. The van der Waals surface area contributed by atoms with Crippen LogP contribution < -0.4 is 5.32 Å². The fourth-order valence-corrected chi connectivity index (χ4v) is 5.06. The number of rotatable bonds is 7. The molecular formula is C21H20N4OS2. The number of hydrogen-bond acceptors (Lipinski definition) is 6. The van der Waals surface area contributed by atoms with Gasteiger partial charge < -0.3 is 10.3 Å². The van der Waals surface area contributed by atoms with Gasteiger partial charge in [0, 0.05) is 28.7 Å². The Morgan fingerprint density at radius 1 is 1.14 bits per heavy atom. The van der Waals surface area contributed by atoms with Crippen molar-refractivity contribution in [3.63, 3.8) is 0 Å². The highest BCUT2D eigenvalue weighted by Crippen LogP contribution is 2.32. The molecular weight excluding hydrogens is 388 g/mol. The zero-order valence-electron chi connectivity index (χ0n) is 15.6. The normalized spacial score (nSPS) is 12.2. The Morgan fingerprint density at radius 3 is 2.71 bits per heavy atom. The lowest BCUT2D eigenvalue weighted by atomic mass is 10.1. The van der Waals surface area contributed by atoms with Crippen LogP contribution >= 0.6 is 23.1 Å². The highest BCUT2D eigenvalue weighted by Gasteiger charge is 2.23. The van der Waals surface area contributed by atoms with Crippen LogP contribution in [0.4, 0.5) is 5.13 Å². The van der Waals surface area contributed by atoms with E-state index in [1.54, 1.807) is 0 Å². The number of thioether (sulfide) groups is 1. The van der Waals surface area contributed by atoms with Crippen molar-refractivity contribution in [3.8, 4) is 0 Å². The van der Waals surface area contributed by atoms with E-state index in [-0.39, 0.29) is 11.0 Å². The zero-order valence-corrected chi connectivity index (χ0v) is 17.2. The molecule has 0 fully saturated rings. The first kappa shape index (κ1) is 18.7. The van der Waals surface area contributed by atoms with Gasteiger partial charge in [-0.15, -0.1) is 10.2 Å². The Morgan fingerprint density at radius 2 is 1.89 bits per heavy atom. The summed E-state index contributed by atoms with van der Waals surface area (Å²) in [5, 5.41) is 13.2. The summed E-state index contributed by atoms with van der Waals surface area (Å²) in [4.78, 5) is 16.4. The van der Waals surface area contributed by atoms with Gasteiger partial charge in [-0.25, -0.2) is 0 Å². The van der Waals surface area contributed by atoms with E-state index >= 15 is 0 Å². The molecule has 2 aromatic heterocycles. The second-order valence-electron chi connectivity index (χ2n) is 6.51. The minimum Gasteiger partial charge on any atom is -0.358 e. The van der Waals surface area contributed by atoms with Crippen LogP contribution in [0.25, 0.3) is 10.9 Å². The number of anilines is 1. The molecule has 0 unspecified atom stereocenters. The molecule has 1 atom stereocenters. The number of aryl methyl sites for hydroxylation is 1. The Balaban J connectivity index is 1.43. The molecule has 0 radical (unpaired) electrons. The number of nitrogens with one attached hydrogen (secondary N) is 2. The van der Waals surface area contributed by atoms with E-state index in [9.17, 15) is 4.79 Å². The smallest absolute Gasteiger partial charge is 0.206 e. The van der Waals surface area contributed by atoms with E-state index in [0.717, 1.165) is 31.6 Å². The second-order valence-corrected chi connectivity index (χ2v) is 9.07. The molecule has 4 rings (SSSR count). The van der Waals surface area contributed by atoms with Crippen molar-refractivity contribution in [2.45, 2.75) is 30.0 Å². The van der Waals surface area contributed by atoms with Gasteiger partial charge in [0.05, 0.1) is 5.25 Å². The van der Waals surface area contributed by atoms with Gasteiger partial charge in [0.15, 0.2) is 10.1 Å². The fourth-order valence-electron chi connectivity index (χ4n) is 3.10. The second kappa shape index (κ2) is 8.16. The van der Waals surface area contributed by atoms with Crippen molar-refractivity contribution in [2.24, 2.45) is 0 Å². The molecule has 0 amide bonds. The first-order chi connectivity index (χ1) is 13.6. The minimum absolute atomic E-state index is 0.106. The molecule has 0 aliphatic carbocycles. The van der Waals surface area contributed by atoms with Gasteiger partial charge in [-0.3, -0.25) is 4.79 Å². The maximum absolute atomic E-state index is 13.1. The summed E-state index contributed by atoms with van der Waals surface area (Å²) in [6.07, 6.45) is 0. The number of aromatic amines is 1. The molecule has 0 aliphatic heterocycles. The molecule has 28 heavy (non-hydrogen) atoms. The van der Waals surface area contributed by atoms with Crippen LogP contribution in [0.2, 0.25) is 0 Å². The number of carbonyl (C=O) groups excluding carboxylic acids is 1. The molecule has 0 saturated carbocycles. The van der Waals surface area contributed by atoms with Gasteiger partial charge >= 0.3 is 0 Å². The van der Waals surface area contributed by atoms with Crippen molar-refractivity contribution >= 4 is 44.9 Å². The van der Waals surface area contributed by atoms with Gasteiger partial charge in [0.25, 0.3) is 0 Å². The van der Waals surface area contributed by atoms with Crippen LogP contribution in [0.5, 0.6) is 0 Å². The van der Waals surface area contributed by atoms with Crippen molar-refractivity contribution < 1.29 is 4.79 Å². The maximum Gasteiger partial charge on any atom is 0.206 e. The van der Waals surface area contributed by atoms with E-state index in [2.05, 4.69) is 32.6 Å². The number of fused-ring (bicyclic) bond motifs is 1. The van der Waals surface area contributed by atoms with Crippen LogP contribution in [0, 0.1) is 6.92 Å². The number of Topliss-reactive ketones (excluding diaryl/α,β-unsaturated/α-hetero) is 1. The molecule has 0 spiro atoms. The average Bonchev–Trinajstić information content (AvgIpc) is 3.29. The molecule has 5 nitrogen and oxygen atoms in total. The summed E-state index contributed by atoms with van der Waals surface area (Å²) in [6.45, 7) is 4.57. The molecule has 0 bridgehead atoms. The van der Waals surface area contributed by atoms with Crippen LogP contribution in [0.1, 0.15) is 28.5 Å². The highest BCUT2D eigenvalue weighted by atomic mass is 32.2. The average molecular weight is 409 g/mol. The predicted octanol–water partition coefficient (Wildman–Crippen LogP) is 5.30. The Labute approximate surface area is 171 Å². The molecule has 2 heterocycles. The number of hydrogen-bond donors (Lipinski definition) is 2. The Hall–Kier alpha value is -2.64. The van der Waals surface area contributed by atoms with Gasteiger partial charge in [-0.1, -0.05) is 71.6 Å². The molecule has 7 heteroatoms. The lowest BCUT2D eigenvalue weighted by Gasteiger charge is -2.08. The summed E-state index contributed by atoms with van der Waals surface area (Å²) >= 11 is 2.92. The predicted molar refractivity (Wildman–Crippen MR) is 116 cm³/mol. The lowest BCUT2D eigenvalue weighted by molar-refractivity contribution is 0.0995. The summed E-state index contributed by atoms with van der Waals surface area (Å²) in [7, 11) is 0. The third kappa shape index (κ3) is 3.95. The third-order valence-corrected chi connectivity index (χ3v) is 6.55. The molecule has 4 aromatic rings. The monoisotopic (exact) mass is 408 g/mol. The SMILES string of the molecule is Cc1[nH]c2ccccc2c1C(=O)[C@H](C)Sc1nnc(NCc2ccccc2)s1. The largest absolute Gasteiger partial charge is 0.358 e. The highest BCUT2D eigenvalue weighted by molar-refractivity contribution is 8.02. The van der Waals surface area contributed by atoms with Crippen molar-refractivity contribution in [1.29, 1.82) is 0 Å². The van der Waals surface area contributed by atoms with Gasteiger partial charge in [0.1, 0.15) is 0 Å². The first-order valence-electron chi connectivity index (χ1n) is 9.01. The number of carbonyl (C=O) groups is 1. The van der Waals surface area contributed by atoms with E-state index < -0.39 is 0 Å². The standard InChI is InChI=1S/C21H20N4OS2/c1-13-18(16-10-6-7-11-17(16)23-13)19(26)14(2)27-21-25-24-20(28-21)22-12-15-8-4-3-5-9-15/h3-11,14,23H,12H2,1-2H3,(H,22,24)/t14-/m0/s1. The van der Waals surface area contributed by atoms with Crippen molar-refractivity contribution in [3.05, 3.63) is 71.4 Å². The van der Waals surface area contributed by atoms with Crippen molar-refractivity contribution in [1.82, 2.24) is 15.2 Å². The van der Waals surface area contributed by atoms with Crippen molar-refractivity contribution in [2.75, 3.05) is 5.32 Å². The number of nitrogens with zero attached hydrogens (tertiary/aromatic N) is 2. The van der Waals surface area contributed by atoms with E-state index in [1.165, 1.54) is 28.7 Å². The van der Waals surface area contributed by atoms with E-state index in [1.807, 2.05) is 56.3 Å². The van der Waals surface area contributed by atoms with Crippen LogP contribution in [-0.4, -0.2) is 26.2 Å². The minimum atomic E-state index is -0.243. The number of benzene rings is 2. The number of aromatic nitrogens is 3. The summed E-state index contributed by atoms with van der Waals surface area (Å²) in [6, 6.07) is 18.1. The summed E-state index contributed by atoms with van der Waals surface area (Å²) in [5.41, 5.74) is 3.85. The molecule has 0 aliphatic rings. The topological polar surface area (TPSA) is 70.7 Å².